The molecule has 2 unspecified atom stereocenters. The average molecular weight is 218 g/mol. The Bertz CT molecular complexity index is 297. The van der Waals surface area contributed by atoms with Gasteiger partial charge < -0.3 is 5.32 Å². The van der Waals surface area contributed by atoms with Gasteiger partial charge in [-0.2, -0.15) is 0 Å². The first-order chi connectivity index (χ1) is 7.90. The van der Waals surface area contributed by atoms with Crippen LogP contribution in [0.1, 0.15) is 50.6 Å². The maximum atomic E-state index is 4.22. The molecule has 1 saturated heterocycles. The van der Waals surface area contributed by atoms with Crippen LogP contribution >= 0.6 is 0 Å². The van der Waals surface area contributed by atoms with E-state index in [-0.39, 0.29) is 0 Å². The molecule has 0 radical (unpaired) electrons. The molecule has 2 atom stereocenters. The molecule has 88 valence electrons. The smallest absolute Gasteiger partial charge is 0.0338 e. The van der Waals surface area contributed by atoms with Crippen molar-refractivity contribution in [2.75, 3.05) is 6.54 Å². The summed E-state index contributed by atoms with van der Waals surface area (Å²) in [6.07, 6.45) is 10.5. The first kappa shape index (κ1) is 11.6. The van der Waals surface area contributed by atoms with E-state index in [0.29, 0.717) is 6.04 Å². The zero-order valence-electron chi connectivity index (χ0n) is 10.2. The summed E-state index contributed by atoms with van der Waals surface area (Å²) in [4.78, 5) is 4.22. The number of aromatic nitrogens is 1. The van der Waals surface area contributed by atoms with Gasteiger partial charge in [0.15, 0.2) is 0 Å². The summed E-state index contributed by atoms with van der Waals surface area (Å²) in [6, 6.07) is 4.75. The highest BCUT2D eigenvalue weighted by atomic mass is 14.9. The highest BCUT2D eigenvalue weighted by Crippen LogP contribution is 2.29. The van der Waals surface area contributed by atoms with Crippen molar-refractivity contribution >= 4 is 0 Å². The second-order valence-electron chi connectivity index (χ2n) is 4.83. The Morgan fingerprint density at radius 3 is 3.19 bits per heavy atom. The molecule has 0 saturated carbocycles. The van der Waals surface area contributed by atoms with Crippen LogP contribution in [0.5, 0.6) is 0 Å². The average Bonchev–Trinajstić information content (AvgIpc) is 2.56. The van der Waals surface area contributed by atoms with E-state index in [1.165, 1.54) is 37.7 Å². The van der Waals surface area contributed by atoms with Crippen LogP contribution in [0.15, 0.2) is 24.5 Å². The molecule has 1 fully saturated rings. The lowest BCUT2D eigenvalue weighted by atomic mass is 9.90. The fourth-order valence-corrected chi connectivity index (χ4v) is 2.71. The van der Waals surface area contributed by atoms with Crippen molar-refractivity contribution in [1.82, 2.24) is 10.3 Å². The summed E-state index contributed by atoms with van der Waals surface area (Å²) in [6.45, 7) is 3.44. The normalized spacial score (nSPS) is 26.3. The standard InChI is InChI=1S/C14H22N2/c1-2-5-12-6-3-9-16-14(10-12)13-7-4-8-15-11-13/h4,7-8,11-12,14,16H,2-3,5-6,9-10H2,1H3. The molecule has 0 aromatic carbocycles. The number of nitrogens with one attached hydrogen (secondary N) is 1. The van der Waals surface area contributed by atoms with Crippen molar-refractivity contribution in [2.45, 2.75) is 45.1 Å². The van der Waals surface area contributed by atoms with Crippen LogP contribution in [-0.2, 0) is 0 Å². The highest BCUT2D eigenvalue weighted by Gasteiger charge is 2.20. The number of nitrogens with zero attached hydrogens (tertiary/aromatic N) is 1. The predicted molar refractivity (Wildman–Crippen MR) is 67.2 cm³/mol. The van der Waals surface area contributed by atoms with Crippen molar-refractivity contribution in [3.05, 3.63) is 30.1 Å². The predicted octanol–water partition coefficient (Wildman–Crippen LogP) is 3.31. The second-order valence-corrected chi connectivity index (χ2v) is 4.83. The van der Waals surface area contributed by atoms with Crippen molar-refractivity contribution in [3.63, 3.8) is 0 Å². The minimum Gasteiger partial charge on any atom is -0.310 e. The van der Waals surface area contributed by atoms with Gasteiger partial charge in [0, 0.05) is 18.4 Å². The third-order valence-electron chi connectivity index (χ3n) is 3.53. The maximum absolute atomic E-state index is 4.22. The Morgan fingerprint density at radius 1 is 1.50 bits per heavy atom. The van der Waals surface area contributed by atoms with Gasteiger partial charge in [0.05, 0.1) is 0 Å². The molecule has 2 rings (SSSR count). The van der Waals surface area contributed by atoms with Crippen LogP contribution in [0.3, 0.4) is 0 Å². The van der Waals surface area contributed by atoms with Gasteiger partial charge in [-0.1, -0.05) is 25.8 Å². The molecule has 16 heavy (non-hydrogen) atoms. The monoisotopic (exact) mass is 218 g/mol. The van der Waals surface area contributed by atoms with Crippen LogP contribution in [0.25, 0.3) is 0 Å². The molecule has 0 bridgehead atoms. The number of hydrogen-bond acceptors (Lipinski definition) is 2. The minimum atomic E-state index is 0.521. The third-order valence-corrected chi connectivity index (χ3v) is 3.53. The molecule has 1 N–H and O–H groups in total. The first-order valence-corrected chi connectivity index (χ1v) is 6.53. The third kappa shape index (κ3) is 3.05. The number of pyridine rings is 1. The summed E-state index contributed by atoms with van der Waals surface area (Å²) in [5, 5.41) is 3.65. The van der Waals surface area contributed by atoms with E-state index in [1.807, 2.05) is 18.5 Å². The molecule has 2 heteroatoms. The van der Waals surface area contributed by atoms with Crippen molar-refractivity contribution in [2.24, 2.45) is 5.92 Å². The van der Waals surface area contributed by atoms with Gasteiger partial charge in [-0.25, -0.2) is 0 Å². The van der Waals surface area contributed by atoms with Crippen molar-refractivity contribution in [1.29, 1.82) is 0 Å². The van der Waals surface area contributed by atoms with Crippen LogP contribution in [0.2, 0.25) is 0 Å². The maximum Gasteiger partial charge on any atom is 0.0338 e. The van der Waals surface area contributed by atoms with E-state index in [9.17, 15) is 0 Å². The van der Waals surface area contributed by atoms with Gasteiger partial charge in [-0.15, -0.1) is 0 Å². The largest absolute Gasteiger partial charge is 0.310 e. The Balaban J connectivity index is 2.03. The Hall–Kier alpha value is -0.890. The zero-order valence-corrected chi connectivity index (χ0v) is 10.2. The van der Waals surface area contributed by atoms with Gasteiger partial charge >= 0.3 is 0 Å². The molecule has 1 aliphatic rings. The highest BCUT2D eigenvalue weighted by molar-refractivity contribution is 5.14. The number of hydrogen-bond donors (Lipinski definition) is 1. The lowest BCUT2D eigenvalue weighted by Gasteiger charge is -2.20. The van der Waals surface area contributed by atoms with E-state index < -0.39 is 0 Å². The summed E-state index contributed by atoms with van der Waals surface area (Å²) < 4.78 is 0. The molecule has 1 aliphatic heterocycles. The van der Waals surface area contributed by atoms with E-state index >= 15 is 0 Å². The van der Waals surface area contributed by atoms with Crippen LogP contribution in [-0.4, -0.2) is 11.5 Å². The lowest BCUT2D eigenvalue weighted by molar-refractivity contribution is 0.392. The van der Waals surface area contributed by atoms with Gasteiger partial charge in [-0.3, -0.25) is 4.98 Å². The SMILES string of the molecule is CCCC1CCCNC(c2cccnc2)C1. The van der Waals surface area contributed by atoms with E-state index in [4.69, 9.17) is 0 Å². The Kier molecular flexibility index (Phi) is 4.34. The molecule has 2 heterocycles. The fraction of sp³-hybridized carbons (Fsp3) is 0.643. The van der Waals surface area contributed by atoms with E-state index in [0.717, 1.165) is 12.5 Å². The fourth-order valence-electron chi connectivity index (χ4n) is 2.71. The molecule has 2 nitrogen and oxygen atoms in total. The van der Waals surface area contributed by atoms with Crippen LogP contribution in [0, 0.1) is 5.92 Å². The van der Waals surface area contributed by atoms with Crippen molar-refractivity contribution in [3.8, 4) is 0 Å². The molecular formula is C14H22N2. The Labute approximate surface area is 98.5 Å². The first-order valence-electron chi connectivity index (χ1n) is 6.53. The van der Waals surface area contributed by atoms with Gasteiger partial charge in [0.1, 0.15) is 0 Å². The Morgan fingerprint density at radius 2 is 2.44 bits per heavy atom. The van der Waals surface area contributed by atoms with E-state index in [2.05, 4.69) is 23.3 Å². The van der Waals surface area contributed by atoms with Gasteiger partial charge in [0.2, 0.25) is 0 Å². The number of rotatable bonds is 3. The van der Waals surface area contributed by atoms with Crippen molar-refractivity contribution < 1.29 is 0 Å². The summed E-state index contributed by atoms with van der Waals surface area (Å²) >= 11 is 0. The molecule has 1 aromatic rings. The summed E-state index contributed by atoms with van der Waals surface area (Å²) in [5.74, 6) is 0.894. The second kappa shape index (κ2) is 6.00. The minimum absolute atomic E-state index is 0.521. The summed E-state index contributed by atoms with van der Waals surface area (Å²) in [7, 11) is 0. The molecular weight excluding hydrogens is 196 g/mol. The van der Waals surface area contributed by atoms with E-state index in [1.54, 1.807) is 0 Å². The topological polar surface area (TPSA) is 24.9 Å². The molecule has 0 spiro atoms. The van der Waals surface area contributed by atoms with Gasteiger partial charge in [0.25, 0.3) is 0 Å². The molecule has 1 aromatic heterocycles. The quantitative estimate of drug-likeness (QED) is 0.842. The summed E-state index contributed by atoms with van der Waals surface area (Å²) in [5.41, 5.74) is 1.35. The van der Waals surface area contributed by atoms with Gasteiger partial charge in [-0.05, 0) is 43.4 Å². The lowest BCUT2D eigenvalue weighted by Crippen LogP contribution is -2.21. The zero-order chi connectivity index (χ0) is 11.2. The van der Waals surface area contributed by atoms with Crippen LogP contribution < -0.4 is 5.32 Å². The molecule has 0 amide bonds. The van der Waals surface area contributed by atoms with Crippen LogP contribution in [0.4, 0.5) is 0 Å². The molecule has 0 aliphatic carbocycles.